The largest absolute Gasteiger partial charge is 0.490 e. The Balaban J connectivity index is 1.67. The quantitative estimate of drug-likeness (QED) is 0.897. The summed E-state index contributed by atoms with van der Waals surface area (Å²) < 4.78 is 6.07. The average molecular weight is 260 g/mol. The first-order valence-corrected chi connectivity index (χ1v) is 7.53. The Labute approximate surface area is 115 Å². The molecule has 104 valence electrons. The standard InChI is InChI=1S/C16H24N2O/c1-13-5-6-14-3-2-4-15(16(14)19-13)7-10-18-11-8-17-9-12-18/h2-4,13,17H,5-12H2,1H3. The molecule has 0 spiro atoms. The fourth-order valence-corrected chi connectivity index (χ4v) is 3.02. The lowest BCUT2D eigenvalue weighted by atomic mass is 9.98. The third kappa shape index (κ3) is 3.10. The van der Waals surface area contributed by atoms with Crippen LogP contribution in [0.4, 0.5) is 0 Å². The van der Waals surface area contributed by atoms with Crippen LogP contribution >= 0.6 is 0 Å². The highest BCUT2D eigenvalue weighted by molar-refractivity contribution is 5.43. The van der Waals surface area contributed by atoms with Gasteiger partial charge in [0.2, 0.25) is 0 Å². The Bertz CT molecular complexity index is 427. The van der Waals surface area contributed by atoms with Crippen LogP contribution in [0.5, 0.6) is 5.75 Å². The Morgan fingerprint density at radius 2 is 2.16 bits per heavy atom. The van der Waals surface area contributed by atoms with E-state index in [2.05, 4.69) is 35.3 Å². The van der Waals surface area contributed by atoms with Crippen LogP contribution in [0.1, 0.15) is 24.5 Å². The fraction of sp³-hybridized carbons (Fsp3) is 0.625. The van der Waals surface area contributed by atoms with Crippen LogP contribution < -0.4 is 10.1 Å². The number of para-hydroxylation sites is 1. The molecule has 0 radical (unpaired) electrons. The number of nitrogens with one attached hydrogen (secondary N) is 1. The zero-order valence-corrected chi connectivity index (χ0v) is 11.8. The minimum absolute atomic E-state index is 0.368. The molecule has 1 aromatic rings. The molecule has 2 aliphatic rings. The van der Waals surface area contributed by atoms with E-state index in [4.69, 9.17) is 4.74 Å². The van der Waals surface area contributed by atoms with Gasteiger partial charge >= 0.3 is 0 Å². The lowest BCUT2D eigenvalue weighted by molar-refractivity contribution is 0.188. The van der Waals surface area contributed by atoms with E-state index < -0.39 is 0 Å². The molecule has 1 N–H and O–H groups in total. The first-order valence-electron chi connectivity index (χ1n) is 7.53. The molecule has 19 heavy (non-hydrogen) atoms. The number of hydrogen-bond donors (Lipinski definition) is 1. The molecule has 1 unspecified atom stereocenters. The van der Waals surface area contributed by atoms with Crippen molar-refractivity contribution in [2.45, 2.75) is 32.3 Å². The van der Waals surface area contributed by atoms with Gasteiger partial charge in [-0.05, 0) is 37.3 Å². The van der Waals surface area contributed by atoms with Crippen molar-refractivity contribution in [3.63, 3.8) is 0 Å². The Kier molecular flexibility index (Phi) is 4.04. The smallest absolute Gasteiger partial charge is 0.126 e. The predicted octanol–water partition coefficient (Wildman–Crippen LogP) is 1.85. The van der Waals surface area contributed by atoms with Gasteiger partial charge in [0, 0.05) is 32.7 Å². The number of hydrogen-bond acceptors (Lipinski definition) is 3. The molecule has 3 nitrogen and oxygen atoms in total. The van der Waals surface area contributed by atoms with Crippen molar-refractivity contribution in [3.05, 3.63) is 29.3 Å². The predicted molar refractivity (Wildman–Crippen MR) is 77.9 cm³/mol. The van der Waals surface area contributed by atoms with Crippen molar-refractivity contribution in [1.82, 2.24) is 10.2 Å². The third-order valence-corrected chi connectivity index (χ3v) is 4.22. The van der Waals surface area contributed by atoms with Crippen molar-refractivity contribution in [1.29, 1.82) is 0 Å². The zero-order chi connectivity index (χ0) is 13.1. The number of ether oxygens (including phenoxy) is 1. The number of aryl methyl sites for hydroxylation is 1. The van der Waals surface area contributed by atoms with Gasteiger partial charge in [0.15, 0.2) is 0 Å². The van der Waals surface area contributed by atoms with Crippen molar-refractivity contribution in [2.24, 2.45) is 0 Å². The first kappa shape index (κ1) is 12.9. The molecule has 1 aromatic carbocycles. The summed E-state index contributed by atoms with van der Waals surface area (Å²) in [5, 5.41) is 3.40. The molecule has 2 heterocycles. The van der Waals surface area contributed by atoms with Crippen LogP contribution in [0.3, 0.4) is 0 Å². The Morgan fingerprint density at radius 3 is 3.00 bits per heavy atom. The fourth-order valence-electron chi connectivity index (χ4n) is 3.02. The van der Waals surface area contributed by atoms with E-state index in [-0.39, 0.29) is 0 Å². The highest BCUT2D eigenvalue weighted by Gasteiger charge is 2.19. The molecule has 0 aliphatic carbocycles. The van der Waals surface area contributed by atoms with Gasteiger partial charge in [-0.2, -0.15) is 0 Å². The Hall–Kier alpha value is -1.06. The van der Waals surface area contributed by atoms with Crippen LogP contribution in [0.15, 0.2) is 18.2 Å². The Morgan fingerprint density at radius 1 is 1.32 bits per heavy atom. The monoisotopic (exact) mass is 260 g/mol. The van der Waals surface area contributed by atoms with Crippen LogP contribution in [0.2, 0.25) is 0 Å². The van der Waals surface area contributed by atoms with E-state index in [0.717, 1.165) is 38.9 Å². The van der Waals surface area contributed by atoms with Gasteiger partial charge in [0.1, 0.15) is 5.75 Å². The van der Waals surface area contributed by atoms with Crippen LogP contribution in [-0.4, -0.2) is 43.7 Å². The van der Waals surface area contributed by atoms with Gasteiger partial charge in [-0.3, -0.25) is 0 Å². The van der Waals surface area contributed by atoms with Crippen molar-refractivity contribution in [2.75, 3.05) is 32.7 Å². The van der Waals surface area contributed by atoms with E-state index in [1.165, 1.54) is 30.0 Å². The second kappa shape index (κ2) is 5.93. The van der Waals surface area contributed by atoms with Gasteiger partial charge in [-0.25, -0.2) is 0 Å². The SMILES string of the molecule is CC1CCc2cccc(CCN3CCNCC3)c2O1. The minimum atomic E-state index is 0.368. The van der Waals surface area contributed by atoms with Gasteiger partial charge in [-0.15, -0.1) is 0 Å². The second-order valence-electron chi connectivity index (χ2n) is 5.71. The van der Waals surface area contributed by atoms with E-state index in [1.807, 2.05) is 0 Å². The summed E-state index contributed by atoms with van der Waals surface area (Å²) in [4.78, 5) is 2.54. The zero-order valence-electron chi connectivity index (χ0n) is 11.8. The number of rotatable bonds is 3. The highest BCUT2D eigenvalue weighted by Crippen LogP contribution is 2.31. The van der Waals surface area contributed by atoms with Crippen LogP contribution in [0.25, 0.3) is 0 Å². The lowest BCUT2D eigenvalue weighted by Gasteiger charge is -2.29. The summed E-state index contributed by atoms with van der Waals surface area (Å²) in [6, 6.07) is 6.64. The maximum atomic E-state index is 6.07. The van der Waals surface area contributed by atoms with Crippen molar-refractivity contribution >= 4 is 0 Å². The first-order chi connectivity index (χ1) is 9.33. The summed E-state index contributed by atoms with van der Waals surface area (Å²) in [5.41, 5.74) is 2.79. The van der Waals surface area contributed by atoms with Crippen LogP contribution in [-0.2, 0) is 12.8 Å². The van der Waals surface area contributed by atoms with Crippen LogP contribution in [0, 0.1) is 0 Å². The van der Waals surface area contributed by atoms with Gasteiger partial charge in [0.25, 0.3) is 0 Å². The van der Waals surface area contributed by atoms with Crippen molar-refractivity contribution in [3.8, 4) is 5.75 Å². The lowest BCUT2D eigenvalue weighted by Crippen LogP contribution is -2.44. The van der Waals surface area contributed by atoms with E-state index >= 15 is 0 Å². The van der Waals surface area contributed by atoms with Gasteiger partial charge < -0.3 is 15.0 Å². The van der Waals surface area contributed by atoms with Gasteiger partial charge in [0.05, 0.1) is 6.10 Å². The summed E-state index contributed by atoms with van der Waals surface area (Å²) in [5.74, 6) is 1.18. The molecular weight excluding hydrogens is 236 g/mol. The molecule has 0 bridgehead atoms. The highest BCUT2D eigenvalue weighted by atomic mass is 16.5. The summed E-state index contributed by atoms with van der Waals surface area (Å²) >= 11 is 0. The molecule has 1 atom stereocenters. The molecule has 2 aliphatic heterocycles. The maximum Gasteiger partial charge on any atom is 0.126 e. The van der Waals surface area contributed by atoms with Gasteiger partial charge in [-0.1, -0.05) is 18.2 Å². The number of fused-ring (bicyclic) bond motifs is 1. The summed E-state index contributed by atoms with van der Waals surface area (Å²) in [6.07, 6.45) is 3.79. The summed E-state index contributed by atoms with van der Waals surface area (Å²) in [6.45, 7) is 7.92. The number of benzene rings is 1. The number of piperazine rings is 1. The molecule has 1 saturated heterocycles. The molecular formula is C16H24N2O. The summed E-state index contributed by atoms with van der Waals surface area (Å²) in [7, 11) is 0. The topological polar surface area (TPSA) is 24.5 Å². The van der Waals surface area contributed by atoms with Crippen molar-refractivity contribution < 1.29 is 4.74 Å². The molecule has 1 fully saturated rings. The molecule has 3 heteroatoms. The third-order valence-electron chi connectivity index (χ3n) is 4.22. The average Bonchev–Trinajstić information content (AvgIpc) is 2.46. The molecule has 0 aromatic heterocycles. The minimum Gasteiger partial charge on any atom is -0.490 e. The van der Waals surface area contributed by atoms with E-state index in [9.17, 15) is 0 Å². The molecule has 0 saturated carbocycles. The molecule has 0 amide bonds. The normalized spacial score (nSPS) is 23.7. The van der Waals surface area contributed by atoms with E-state index in [0.29, 0.717) is 6.10 Å². The maximum absolute atomic E-state index is 6.07. The van der Waals surface area contributed by atoms with E-state index in [1.54, 1.807) is 0 Å². The molecule has 3 rings (SSSR count). The number of nitrogens with zero attached hydrogens (tertiary/aromatic N) is 1. The second-order valence-corrected chi connectivity index (χ2v) is 5.71.